The van der Waals surface area contributed by atoms with Crippen LogP contribution in [0.25, 0.3) is 10.2 Å². The molecule has 2 N–H and O–H groups in total. The number of fused-ring (bicyclic) bond motifs is 1. The molecular weight excluding hydrogens is 244 g/mol. The van der Waals surface area contributed by atoms with Gasteiger partial charge in [0.1, 0.15) is 0 Å². The Morgan fingerprint density at radius 2 is 2.38 bits per heavy atom. The van der Waals surface area contributed by atoms with Gasteiger partial charge in [0, 0.05) is 25.1 Å². The number of nitrogens with zero attached hydrogens (tertiary/aromatic N) is 1. The standard InChI is InChI=1S/C11H13ClN2OS/c1-15-8(6-13)5-11-14-9-3-2-7(12)4-10(9)16-11/h2-4,8H,5-6,13H2,1H3. The second-order valence-electron chi connectivity index (χ2n) is 3.52. The first-order chi connectivity index (χ1) is 7.72. The molecule has 0 radical (unpaired) electrons. The van der Waals surface area contributed by atoms with E-state index in [4.69, 9.17) is 22.1 Å². The van der Waals surface area contributed by atoms with Crippen LogP contribution in [-0.4, -0.2) is 24.7 Å². The van der Waals surface area contributed by atoms with Gasteiger partial charge in [-0.25, -0.2) is 4.98 Å². The molecule has 0 bridgehead atoms. The Morgan fingerprint density at radius 1 is 1.56 bits per heavy atom. The molecule has 2 rings (SSSR count). The highest BCUT2D eigenvalue weighted by molar-refractivity contribution is 7.18. The molecule has 0 aliphatic carbocycles. The maximum absolute atomic E-state index is 5.92. The van der Waals surface area contributed by atoms with Gasteiger partial charge in [0.05, 0.1) is 21.3 Å². The van der Waals surface area contributed by atoms with Crippen molar-refractivity contribution < 1.29 is 4.74 Å². The molecule has 0 aliphatic rings. The summed E-state index contributed by atoms with van der Waals surface area (Å²) in [6.07, 6.45) is 0.792. The van der Waals surface area contributed by atoms with Crippen molar-refractivity contribution in [1.82, 2.24) is 4.98 Å². The summed E-state index contributed by atoms with van der Waals surface area (Å²) in [7, 11) is 1.67. The first kappa shape index (κ1) is 11.8. The van der Waals surface area contributed by atoms with Crippen molar-refractivity contribution in [2.24, 2.45) is 5.73 Å². The van der Waals surface area contributed by atoms with E-state index in [1.54, 1.807) is 18.4 Å². The van der Waals surface area contributed by atoms with Crippen LogP contribution in [0.1, 0.15) is 5.01 Å². The van der Waals surface area contributed by atoms with Gasteiger partial charge in [0.2, 0.25) is 0 Å². The molecule has 1 atom stereocenters. The van der Waals surface area contributed by atoms with Crippen LogP contribution in [0.4, 0.5) is 0 Å². The fourth-order valence-electron chi connectivity index (χ4n) is 1.49. The monoisotopic (exact) mass is 256 g/mol. The molecule has 1 unspecified atom stereocenters. The van der Waals surface area contributed by atoms with Crippen LogP contribution in [-0.2, 0) is 11.2 Å². The topological polar surface area (TPSA) is 48.1 Å². The Bertz CT molecular complexity index is 482. The predicted molar refractivity (Wildman–Crippen MR) is 68.2 cm³/mol. The van der Waals surface area contributed by atoms with E-state index < -0.39 is 0 Å². The van der Waals surface area contributed by atoms with Gasteiger partial charge in [-0.15, -0.1) is 11.3 Å². The molecular formula is C11H13ClN2OS. The first-order valence-electron chi connectivity index (χ1n) is 5.00. The van der Waals surface area contributed by atoms with E-state index in [1.807, 2.05) is 18.2 Å². The summed E-state index contributed by atoms with van der Waals surface area (Å²) in [4.78, 5) is 4.51. The molecule has 0 aliphatic heterocycles. The number of aromatic nitrogens is 1. The zero-order valence-electron chi connectivity index (χ0n) is 8.94. The Labute approximate surface area is 103 Å². The van der Waals surface area contributed by atoms with Crippen molar-refractivity contribution in [2.45, 2.75) is 12.5 Å². The number of benzene rings is 1. The van der Waals surface area contributed by atoms with Gasteiger partial charge in [-0.05, 0) is 18.2 Å². The maximum atomic E-state index is 5.92. The average molecular weight is 257 g/mol. The van der Waals surface area contributed by atoms with Crippen LogP contribution < -0.4 is 5.73 Å². The highest BCUT2D eigenvalue weighted by atomic mass is 35.5. The van der Waals surface area contributed by atoms with Crippen LogP contribution in [0.5, 0.6) is 0 Å². The van der Waals surface area contributed by atoms with E-state index in [0.717, 1.165) is 26.7 Å². The van der Waals surface area contributed by atoms with Crippen molar-refractivity contribution >= 4 is 33.2 Å². The highest BCUT2D eigenvalue weighted by Crippen LogP contribution is 2.26. The lowest BCUT2D eigenvalue weighted by Gasteiger charge is -2.09. The molecule has 0 saturated heterocycles. The summed E-state index contributed by atoms with van der Waals surface area (Å²) >= 11 is 7.56. The molecule has 2 aromatic rings. The molecule has 1 aromatic carbocycles. The number of hydrogen-bond acceptors (Lipinski definition) is 4. The third kappa shape index (κ3) is 2.52. The molecule has 1 heterocycles. The number of methoxy groups -OCH3 is 1. The number of ether oxygens (including phenoxy) is 1. The van der Waals surface area contributed by atoms with Gasteiger partial charge in [0.15, 0.2) is 0 Å². The van der Waals surface area contributed by atoms with Gasteiger partial charge in [0.25, 0.3) is 0 Å². The normalized spacial score (nSPS) is 13.2. The SMILES string of the molecule is COC(CN)Cc1nc2ccc(Cl)cc2s1. The Hall–Kier alpha value is -0.680. The first-order valence-corrected chi connectivity index (χ1v) is 6.20. The number of nitrogens with two attached hydrogens (primary N) is 1. The van der Waals surface area contributed by atoms with Crippen molar-refractivity contribution in [3.63, 3.8) is 0 Å². The number of hydrogen-bond donors (Lipinski definition) is 1. The third-order valence-corrected chi connectivity index (χ3v) is 3.67. The molecule has 86 valence electrons. The summed E-state index contributed by atoms with van der Waals surface area (Å²) < 4.78 is 6.34. The zero-order valence-corrected chi connectivity index (χ0v) is 10.5. The highest BCUT2D eigenvalue weighted by Gasteiger charge is 2.10. The molecule has 0 saturated carbocycles. The predicted octanol–water partition coefficient (Wildman–Crippen LogP) is 2.47. The van der Waals surface area contributed by atoms with Crippen LogP contribution in [0.15, 0.2) is 18.2 Å². The minimum atomic E-state index is 0.0380. The third-order valence-electron chi connectivity index (χ3n) is 2.39. The van der Waals surface area contributed by atoms with Gasteiger partial charge in [-0.3, -0.25) is 0 Å². The summed E-state index contributed by atoms with van der Waals surface area (Å²) in [5.74, 6) is 0. The van der Waals surface area contributed by atoms with Gasteiger partial charge >= 0.3 is 0 Å². The van der Waals surface area contributed by atoms with E-state index in [0.29, 0.717) is 6.54 Å². The molecule has 16 heavy (non-hydrogen) atoms. The summed E-state index contributed by atoms with van der Waals surface area (Å²) in [5, 5.41) is 1.78. The quantitative estimate of drug-likeness (QED) is 0.914. The lowest BCUT2D eigenvalue weighted by atomic mass is 10.2. The van der Waals surface area contributed by atoms with E-state index in [9.17, 15) is 0 Å². The minimum Gasteiger partial charge on any atom is -0.380 e. The average Bonchev–Trinajstić information content (AvgIpc) is 2.67. The molecule has 3 nitrogen and oxygen atoms in total. The Balaban J connectivity index is 2.25. The van der Waals surface area contributed by atoms with Crippen molar-refractivity contribution in [1.29, 1.82) is 0 Å². The number of thiazole rings is 1. The van der Waals surface area contributed by atoms with Crippen LogP contribution in [0.3, 0.4) is 0 Å². The van der Waals surface area contributed by atoms with Gasteiger partial charge in [-0.1, -0.05) is 11.6 Å². The molecule has 5 heteroatoms. The van der Waals surface area contributed by atoms with Crippen molar-refractivity contribution in [3.05, 3.63) is 28.2 Å². The second kappa shape index (κ2) is 5.10. The second-order valence-corrected chi connectivity index (χ2v) is 5.07. The Morgan fingerprint density at radius 3 is 3.06 bits per heavy atom. The van der Waals surface area contributed by atoms with E-state index in [1.165, 1.54) is 0 Å². The van der Waals surface area contributed by atoms with Crippen LogP contribution in [0, 0.1) is 0 Å². The summed E-state index contributed by atoms with van der Waals surface area (Å²) in [6.45, 7) is 0.507. The van der Waals surface area contributed by atoms with Crippen molar-refractivity contribution in [2.75, 3.05) is 13.7 Å². The fourth-order valence-corrected chi connectivity index (χ4v) is 2.80. The largest absolute Gasteiger partial charge is 0.380 e. The van der Waals surface area contributed by atoms with E-state index >= 15 is 0 Å². The molecule has 0 spiro atoms. The maximum Gasteiger partial charge on any atom is 0.0964 e. The number of rotatable bonds is 4. The molecule has 1 aromatic heterocycles. The van der Waals surface area contributed by atoms with Gasteiger partial charge < -0.3 is 10.5 Å². The summed E-state index contributed by atoms with van der Waals surface area (Å²) in [5.41, 5.74) is 6.56. The lowest BCUT2D eigenvalue weighted by Crippen LogP contribution is -2.24. The molecule has 0 fully saturated rings. The van der Waals surface area contributed by atoms with Crippen molar-refractivity contribution in [3.8, 4) is 0 Å². The Kier molecular flexibility index (Phi) is 3.76. The van der Waals surface area contributed by atoms with E-state index in [2.05, 4.69) is 4.98 Å². The zero-order chi connectivity index (χ0) is 11.5. The fraction of sp³-hybridized carbons (Fsp3) is 0.364. The van der Waals surface area contributed by atoms with E-state index in [-0.39, 0.29) is 6.10 Å². The minimum absolute atomic E-state index is 0.0380. The lowest BCUT2D eigenvalue weighted by molar-refractivity contribution is 0.110. The number of halogens is 1. The van der Waals surface area contributed by atoms with Crippen LogP contribution in [0.2, 0.25) is 5.02 Å². The van der Waals surface area contributed by atoms with Gasteiger partial charge in [-0.2, -0.15) is 0 Å². The smallest absolute Gasteiger partial charge is 0.0964 e. The molecule has 0 amide bonds. The summed E-state index contributed by atoms with van der Waals surface area (Å²) in [6, 6.07) is 5.72. The van der Waals surface area contributed by atoms with Crippen LogP contribution >= 0.6 is 22.9 Å².